The monoisotopic (exact) mass is 335 g/mol. The van der Waals surface area contributed by atoms with Crippen LogP contribution in [0.5, 0.6) is 0 Å². The summed E-state index contributed by atoms with van der Waals surface area (Å²) in [5, 5.41) is 9.79. The fourth-order valence-corrected chi connectivity index (χ4v) is 3.32. The minimum atomic E-state index is -0.958. The molecule has 2 amide bonds. The molecule has 0 bridgehead atoms. The minimum Gasteiger partial charge on any atom is -0.383 e. The number of likely N-dealkylation sites (tertiary alicyclic amines) is 1. The van der Waals surface area contributed by atoms with Crippen LogP contribution in [0.2, 0.25) is 0 Å². The van der Waals surface area contributed by atoms with Crippen LogP contribution in [-0.4, -0.2) is 81.6 Å². The number of aryl methyl sites for hydroxylation is 1. The van der Waals surface area contributed by atoms with Gasteiger partial charge in [-0.3, -0.25) is 9.59 Å². The van der Waals surface area contributed by atoms with E-state index < -0.39 is 6.10 Å². The van der Waals surface area contributed by atoms with E-state index in [9.17, 15) is 14.7 Å². The fourth-order valence-electron chi connectivity index (χ4n) is 3.32. The first-order valence-electron chi connectivity index (χ1n) is 8.53. The highest BCUT2D eigenvalue weighted by molar-refractivity contribution is 5.87. The molecule has 0 saturated carbocycles. The van der Waals surface area contributed by atoms with Gasteiger partial charge in [-0.1, -0.05) is 0 Å². The van der Waals surface area contributed by atoms with Gasteiger partial charge < -0.3 is 24.4 Å². The first kappa shape index (κ1) is 16.8. The second kappa shape index (κ2) is 7.21. The third kappa shape index (κ3) is 3.53. The van der Waals surface area contributed by atoms with Crippen LogP contribution >= 0.6 is 0 Å². The average molecular weight is 335 g/mol. The van der Waals surface area contributed by atoms with Gasteiger partial charge >= 0.3 is 0 Å². The van der Waals surface area contributed by atoms with Crippen molar-refractivity contribution in [2.24, 2.45) is 7.05 Å². The smallest absolute Gasteiger partial charge is 0.251 e. The molecular weight excluding hydrogens is 310 g/mol. The first-order valence-corrected chi connectivity index (χ1v) is 8.53. The minimum absolute atomic E-state index is 0.0445. The average Bonchev–Trinajstić information content (AvgIpc) is 2.96. The molecule has 0 aliphatic carbocycles. The highest BCUT2D eigenvalue weighted by Gasteiger charge is 2.29. The molecule has 1 unspecified atom stereocenters. The van der Waals surface area contributed by atoms with E-state index in [2.05, 4.69) is 9.88 Å². The third-order valence-electron chi connectivity index (χ3n) is 4.79. The summed E-state index contributed by atoms with van der Waals surface area (Å²) in [6.45, 7) is 3.32. The van der Waals surface area contributed by atoms with Crippen LogP contribution < -0.4 is 4.90 Å². The number of anilines is 1. The molecule has 0 aromatic carbocycles. The Balaban J connectivity index is 1.53. The van der Waals surface area contributed by atoms with Crippen molar-refractivity contribution in [1.29, 1.82) is 0 Å². The van der Waals surface area contributed by atoms with E-state index in [4.69, 9.17) is 0 Å². The molecule has 132 valence electrons. The number of piperazine rings is 1. The Morgan fingerprint density at radius 1 is 1.25 bits per heavy atom. The summed E-state index contributed by atoms with van der Waals surface area (Å²) < 4.78 is 1.97. The Hall–Kier alpha value is -2.09. The van der Waals surface area contributed by atoms with Crippen LogP contribution in [0.3, 0.4) is 0 Å². The summed E-state index contributed by atoms with van der Waals surface area (Å²) in [6.07, 6.45) is 4.86. The number of amides is 2. The lowest BCUT2D eigenvalue weighted by molar-refractivity contribution is -0.145. The zero-order valence-electron chi connectivity index (χ0n) is 14.1. The predicted molar refractivity (Wildman–Crippen MR) is 88.4 cm³/mol. The number of nitrogens with zero attached hydrogens (tertiary/aromatic N) is 5. The molecule has 2 saturated heterocycles. The van der Waals surface area contributed by atoms with Gasteiger partial charge in [0.1, 0.15) is 6.10 Å². The zero-order valence-corrected chi connectivity index (χ0v) is 14.1. The number of carbonyl (C=O) groups is 2. The molecule has 0 radical (unpaired) electrons. The molecule has 3 heterocycles. The molecule has 24 heavy (non-hydrogen) atoms. The standard InChI is InChI=1S/C16H25N5O3/c1-18-7-5-17-16(18)20-10-8-19(9-11-20)14(23)12-21-6-3-2-4-13(22)15(21)24/h5,7,13,22H,2-4,6,8-12H2,1H3. The van der Waals surface area contributed by atoms with Gasteiger partial charge in [0.15, 0.2) is 0 Å². The summed E-state index contributed by atoms with van der Waals surface area (Å²) in [4.78, 5) is 34.4. The Morgan fingerprint density at radius 2 is 2.00 bits per heavy atom. The first-order chi connectivity index (χ1) is 11.6. The van der Waals surface area contributed by atoms with Crippen molar-refractivity contribution in [2.45, 2.75) is 25.4 Å². The molecule has 1 aromatic heterocycles. The lowest BCUT2D eigenvalue weighted by atomic mass is 10.2. The quantitative estimate of drug-likeness (QED) is 0.801. The second-order valence-electron chi connectivity index (χ2n) is 6.48. The number of aliphatic hydroxyl groups excluding tert-OH is 1. The van der Waals surface area contributed by atoms with Crippen LogP contribution in [0.1, 0.15) is 19.3 Å². The van der Waals surface area contributed by atoms with Crippen LogP contribution in [0.25, 0.3) is 0 Å². The summed E-state index contributed by atoms with van der Waals surface area (Å²) in [6, 6.07) is 0. The third-order valence-corrected chi connectivity index (χ3v) is 4.79. The second-order valence-corrected chi connectivity index (χ2v) is 6.48. The number of hydrogen-bond acceptors (Lipinski definition) is 5. The van der Waals surface area contributed by atoms with E-state index in [1.54, 1.807) is 11.1 Å². The zero-order chi connectivity index (χ0) is 17.1. The highest BCUT2D eigenvalue weighted by Crippen LogP contribution is 2.15. The van der Waals surface area contributed by atoms with Gasteiger partial charge in [-0.05, 0) is 19.3 Å². The maximum absolute atomic E-state index is 12.5. The fraction of sp³-hybridized carbons (Fsp3) is 0.688. The lowest BCUT2D eigenvalue weighted by Gasteiger charge is -2.36. The van der Waals surface area contributed by atoms with Crippen molar-refractivity contribution in [1.82, 2.24) is 19.4 Å². The Bertz CT molecular complexity index is 594. The van der Waals surface area contributed by atoms with Crippen molar-refractivity contribution in [2.75, 3.05) is 44.2 Å². The highest BCUT2D eigenvalue weighted by atomic mass is 16.3. The molecule has 3 rings (SSSR count). The van der Waals surface area contributed by atoms with E-state index in [0.717, 1.165) is 31.9 Å². The molecule has 8 heteroatoms. The van der Waals surface area contributed by atoms with E-state index in [1.807, 2.05) is 17.8 Å². The number of aromatic nitrogens is 2. The van der Waals surface area contributed by atoms with Gasteiger partial charge in [0.25, 0.3) is 5.91 Å². The van der Waals surface area contributed by atoms with Gasteiger partial charge in [-0.15, -0.1) is 0 Å². The Labute approximate surface area is 141 Å². The molecule has 2 fully saturated rings. The molecular formula is C16H25N5O3. The van der Waals surface area contributed by atoms with E-state index >= 15 is 0 Å². The topological polar surface area (TPSA) is 81.9 Å². The van der Waals surface area contributed by atoms with Crippen LogP contribution in [0.4, 0.5) is 5.95 Å². The van der Waals surface area contributed by atoms with Crippen LogP contribution in [-0.2, 0) is 16.6 Å². The SMILES string of the molecule is Cn1ccnc1N1CCN(C(=O)CN2CCCCC(O)C2=O)CC1. The lowest BCUT2D eigenvalue weighted by Crippen LogP contribution is -2.53. The van der Waals surface area contributed by atoms with Crippen molar-refractivity contribution < 1.29 is 14.7 Å². The van der Waals surface area contributed by atoms with Gasteiger partial charge in [0, 0.05) is 52.2 Å². The summed E-state index contributed by atoms with van der Waals surface area (Å²) in [5.74, 6) is 0.553. The molecule has 0 spiro atoms. The van der Waals surface area contributed by atoms with Crippen molar-refractivity contribution >= 4 is 17.8 Å². The summed E-state index contributed by atoms with van der Waals surface area (Å²) >= 11 is 0. The molecule has 1 N–H and O–H groups in total. The Kier molecular flexibility index (Phi) is 5.03. The van der Waals surface area contributed by atoms with Gasteiger partial charge in [0.2, 0.25) is 11.9 Å². The normalized spacial score (nSPS) is 22.7. The van der Waals surface area contributed by atoms with E-state index in [0.29, 0.717) is 26.1 Å². The van der Waals surface area contributed by atoms with Crippen LogP contribution in [0.15, 0.2) is 12.4 Å². The summed E-state index contributed by atoms with van der Waals surface area (Å²) in [7, 11) is 1.95. The Morgan fingerprint density at radius 3 is 2.67 bits per heavy atom. The van der Waals surface area contributed by atoms with Crippen molar-refractivity contribution in [3.8, 4) is 0 Å². The van der Waals surface area contributed by atoms with Crippen LogP contribution in [0, 0.1) is 0 Å². The molecule has 2 aliphatic heterocycles. The van der Waals surface area contributed by atoms with Crippen molar-refractivity contribution in [3.05, 3.63) is 12.4 Å². The molecule has 1 atom stereocenters. The van der Waals surface area contributed by atoms with Gasteiger partial charge in [-0.2, -0.15) is 0 Å². The number of aliphatic hydroxyl groups is 1. The van der Waals surface area contributed by atoms with E-state index in [1.165, 1.54) is 4.90 Å². The predicted octanol–water partition coefficient (Wildman–Crippen LogP) is -0.558. The van der Waals surface area contributed by atoms with Crippen molar-refractivity contribution in [3.63, 3.8) is 0 Å². The number of imidazole rings is 1. The molecule has 8 nitrogen and oxygen atoms in total. The van der Waals surface area contributed by atoms with Gasteiger partial charge in [0.05, 0.1) is 6.54 Å². The molecule has 2 aliphatic rings. The maximum Gasteiger partial charge on any atom is 0.251 e. The number of carbonyl (C=O) groups excluding carboxylic acids is 2. The number of hydrogen-bond donors (Lipinski definition) is 1. The van der Waals surface area contributed by atoms with Gasteiger partial charge in [-0.25, -0.2) is 4.98 Å². The maximum atomic E-state index is 12.5. The molecule has 1 aromatic rings. The largest absolute Gasteiger partial charge is 0.383 e. The summed E-state index contributed by atoms with van der Waals surface area (Å²) in [5.41, 5.74) is 0. The number of rotatable bonds is 3. The van der Waals surface area contributed by atoms with E-state index in [-0.39, 0.29) is 18.4 Å².